The molecule has 0 saturated carbocycles. The number of aromatic nitrogens is 1. The lowest BCUT2D eigenvalue weighted by Gasteiger charge is -2.18. The van der Waals surface area contributed by atoms with Crippen molar-refractivity contribution in [1.29, 1.82) is 0 Å². The van der Waals surface area contributed by atoms with Crippen LogP contribution in [0.1, 0.15) is 20.8 Å². The average molecular weight is 291 g/mol. The van der Waals surface area contributed by atoms with Crippen LogP contribution < -0.4 is 4.74 Å². The van der Waals surface area contributed by atoms with Crippen molar-refractivity contribution in [3.63, 3.8) is 0 Å². The highest BCUT2D eigenvalue weighted by molar-refractivity contribution is 7.92. The van der Waals surface area contributed by atoms with E-state index in [1.807, 2.05) is 30.3 Å². The molecule has 2 rings (SSSR count). The average Bonchev–Trinajstić information content (AvgIpc) is 2.39. The number of ether oxygens (including phenoxy) is 1. The van der Waals surface area contributed by atoms with Gasteiger partial charge in [-0.25, -0.2) is 13.4 Å². The number of para-hydroxylation sites is 1. The Labute approximate surface area is 119 Å². The van der Waals surface area contributed by atoms with Crippen LogP contribution in [0.5, 0.6) is 11.6 Å². The van der Waals surface area contributed by atoms with E-state index in [4.69, 9.17) is 4.74 Å². The highest BCUT2D eigenvalue weighted by Gasteiger charge is 2.31. The maximum atomic E-state index is 12.2. The molecule has 0 saturated heterocycles. The van der Waals surface area contributed by atoms with E-state index in [0.29, 0.717) is 11.6 Å². The Morgan fingerprint density at radius 1 is 1.00 bits per heavy atom. The van der Waals surface area contributed by atoms with E-state index in [-0.39, 0.29) is 4.90 Å². The molecule has 0 unspecified atom stereocenters. The summed E-state index contributed by atoms with van der Waals surface area (Å²) in [6.45, 7) is 4.99. The molecule has 20 heavy (non-hydrogen) atoms. The summed E-state index contributed by atoms with van der Waals surface area (Å²) in [7, 11) is -3.38. The first-order chi connectivity index (χ1) is 9.30. The number of rotatable bonds is 3. The summed E-state index contributed by atoms with van der Waals surface area (Å²) in [6.07, 6.45) is 1.33. The number of benzene rings is 1. The monoisotopic (exact) mass is 291 g/mol. The van der Waals surface area contributed by atoms with Crippen molar-refractivity contribution >= 4 is 9.84 Å². The predicted molar refractivity (Wildman–Crippen MR) is 77.7 cm³/mol. The van der Waals surface area contributed by atoms with Gasteiger partial charge in [-0.05, 0) is 39.0 Å². The normalized spacial score (nSPS) is 12.2. The first kappa shape index (κ1) is 14.5. The molecule has 1 heterocycles. The smallest absolute Gasteiger partial charge is 0.219 e. The van der Waals surface area contributed by atoms with Crippen LogP contribution in [0.2, 0.25) is 0 Å². The molecular formula is C15H17NO3S. The molecule has 4 nitrogen and oxygen atoms in total. The van der Waals surface area contributed by atoms with Crippen LogP contribution in [-0.2, 0) is 9.84 Å². The number of hydrogen-bond acceptors (Lipinski definition) is 4. The van der Waals surface area contributed by atoms with Gasteiger partial charge in [0.2, 0.25) is 5.88 Å². The van der Waals surface area contributed by atoms with Crippen molar-refractivity contribution in [2.75, 3.05) is 0 Å². The highest BCUT2D eigenvalue weighted by Crippen LogP contribution is 2.26. The highest BCUT2D eigenvalue weighted by atomic mass is 32.2. The van der Waals surface area contributed by atoms with Gasteiger partial charge in [-0.15, -0.1) is 0 Å². The fourth-order valence-electron chi connectivity index (χ4n) is 1.55. The van der Waals surface area contributed by atoms with E-state index >= 15 is 0 Å². The van der Waals surface area contributed by atoms with Gasteiger partial charge in [0.1, 0.15) is 5.75 Å². The molecule has 1 aromatic carbocycles. The van der Waals surface area contributed by atoms with Gasteiger partial charge in [-0.2, -0.15) is 0 Å². The molecule has 106 valence electrons. The van der Waals surface area contributed by atoms with Gasteiger partial charge in [-0.1, -0.05) is 18.2 Å². The van der Waals surface area contributed by atoms with Crippen LogP contribution in [0, 0.1) is 0 Å². The van der Waals surface area contributed by atoms with Crippen molar-refractivity contribution < 1.29 is 13.2 Å². The number of pyridine rings is 1. The van der Waals surface area contributed by atoms with Crippen molar-refractivity contribution in [3.8, 4) is 11.6 Å². The van der Waals surface area contributed by atoms with Gasteiger partial charge >= 0.3 is 0 Å². The summed E-state index contributed by atoms with van der Waals surface area (Å²) >= 11 is 0. The summed E-state index contributed by atoms with van der Waals surface area (Å²) in [5.41, 5.74) is 0. The second-order valence-electron chi connectivity index (χ2n) is 5.36. The van der Waals surface area contributed by atoms with Crippen LogP contribution in [0.4, 0.5) is 0 Å². The second kappa shape index (κ2) is 5.25. The maximum Gasteiger partial charge on any atom is 0.219 e. The van der Waals surface area contributed by atoms with Crippen LogP contribution in [0.3, 0.4) is 0 Å². The first-order valence-electron chi connectivity index (χ1n) is 6.24. The molecule has 0 N–H and O–H groups in total. The van der Waals surface area contributed by atoms with E-state index in [2.05, 4.69) is 4.98 Å². The van der Waals surface area contributed by atoms with E-state index in [0.717, 1.165) is 0 Å². The van der Waals surface area contributed by atoms with Crippen molar-refractivity contribution in [2.24, 2.45) is 0 Å². The first-order valence-corrected chi connectivity index (χ1v) is 7.72. The molecule has 0 aliphatic heterocycles. The van der Waals surface area contributed by atoms with Crippen molar-refractivity contribution in [3.05, 3.63) is 48.7 Å². The molecule has 0 spiro atoms. The SMILES string of the molecule is CC(C)(C)S(=O)(=O)c1ccc(Oc2ccccc2)nc1. The standard InChI is InChI=1S/C15H17NO3S/c1-15(2,3)20(17,18)13-9-10-14(16-11-13)19-12-7-5-4-6-8-12/h4-11H,1-3H3. The molecule has 0 aliphatic rings. The Kier molecular flexibility index (Phi) is 3.81. The fourth-order valence-corrected chi connectivity index (χ4v) is 2.69. The minimum Gasteiger partial charge on any atom is -0.439 e. The minimum absolute atomic E-state index is 0.199. The van der Waals surface area contributed by atoms with E-state index in [1.54, 1.807) is 26.8 Å². The third-order valence-corrected chi connectivity index (χ3v) is 5.27. The second-order valence-corrected chi connectivity index (χ2v) is 8.07. The third kappa shape index (κ3) is 2.99. The Morgan fingerprint density at radius 2 is 1.65 bits per heavy atom. The Morgan fingerprint density at radius 3 is 2.15 bits per heavy atom. The summed E-state index contributed by atoms with van der Waals surface area (Å²) < 4.78 is 29.2. The van der Waals surface area contributed by atoms with Crippen LogP contribution in [0.15, 0.2) is 53.6 Å². The van der Waals surface area contributed by atoms with Gasteiger partial charge in [0, 0.05) is 12.3 Å². The van der Waals surface area contributed by atoms with Gasteiger partial charge in [-0.3, -0.25) is 0 Å². The lowest BCUT2D eigenvalue weighted by Crippen LogP contribution is -2.27. The summed E-state index contributed by atoms with van der Waals surface area (Å²) in [6, 6.07) is 12.3. The quantitative estimate of drug-likeness (QED) is 0.869. The molecule has 0 fully saturated rings. The van der Waals surface area contributed by atoms with Gasteiger partial charge in [0.25, 0.3) is 0 Å². The van der Waals surface area contributed by atoms with Crippen molar-refractivity contribution in [2.45, 2.75) is 30.4 Å². The molecule has 0 aliphatic carbocycles. The molecule has 5 heteroatoms. The molecule has 2 aromatic rings. The van der Waals surface area contributed by atoms with Crippen molar-refractivity contribution in [1.82, 2.24) is 4.98 Å². The molecule has 0 radical (unpaired) electrons. The van der Waals surface area contributed by atoms with Crippen LogP contribution in [0.25, 0.3) is 0 Å². The molecule has 0 bridgehead atoms. The Balaban J connectivity index is 2.24. The van der Waals surface area contributed by atoms with Gasteiger partial charge < -0.3 is 4.74 Å². The predicted octanol–water partition coefficient (Wildman–Crippen LogP) is 3.45. The summed E-state index contributed by atoms with van der Waals surface area (Å²) in [4.78, 5) is 4.25. The molecule has 1 aromatic heterocycles. The topological polar surface area (TPSA) is 56.3 Å². The fraction of sp³-hybridized carbons (Fsp3) is 0.267. The van der Waals surface area contributed by atoms with E-state index < -0.39 is 14.6 Å². The summed E-state index contributed by atoms with van der Waals surface area (Å²) in [5.74, 6) is 1.02. The van der Waals surface area contributed by atoms with E-state index in [9.17, 15) is 8.42 Å². The lowest BCUT2D eigenvalue weighted by atomic mass is 10.3. The zero-order chi connectivity index (χ0) is 14.8. The largest absolute Gasteiger partial charge is 0.439 e. The zero-order valence-corrected chi connectivity index (χ0v) is 12.5. The number of hydrogen-bond donors (Lipinski definition) is 0. The Hall–Kier alpha value is -1.88. The lowest BCUT2D eigenvalue weighted by molar-refractivity contribution is 0.461. The van der Waals surface area contributed by atoms with E-state index in [1.165, 1.54) is 12.3 Å². The molecule has 0 amide bonds. The number of sulfone groups is 1. The Bertz CT molecular complexity index is 671. The van der Waals surface area contributed by atoms with Gasteiger partial charge in [0.05, 0.1) is 9.64 Å². The zero-order valence-electron chi connectivity index (χ0n) is 11.7. The number of nitrogens with zero attached hydrogens (tertiary/aromatic N) is 1. The minimum atomic E-state index is -3.38. The summed E-state index contributed by atoms with van der Waals surface area (Å²) in [5, 5.41) is 0. The molecule has 0 atom stereocenters. The third-order valence-electron chi connectivity index (χ3n) is 2.79. The van der Waals surface area contributed by atoms with Crippen LogP contribution in [-0.4, -0.2) is 18.1 Å². The van der Waals surface area contributed by atoms with Gasteiger partial charge in [0.15, 0.2) is 9.84 Å². The molecular weight excluding hydrogens is 274 g/mol. The maximum absolute atomic E-state index is 12.2. The van der Waals surface area contributed by atoms with Crippen LogP contribution >= 0.6 is 0 Å².